The SMILES string of the molecule is COc1ccc(CNC(=O)CCN2C=CN3NC(c4ccc(F)cc4)CC3C2=O)cc1. The van der Waals surface area contributed by atoms with Gasteiger partial charge >= 0.3 is 0 Å². The van der Waals surface area contributed by atoms with E-state index in [1.165, 1.54) is 12.1 Å². The van der Waals surface area contributed by atoms with E-state index < -0.39 is 0 Å². The molecule has 2 aliphatic rings. The number of nitrogens with one attached hydrogen (secondary N) is 2. The third-order valence-electron chi connectivity index (χ3n) is 5.58. The molecule has 0 bridgehead atoms. The first-order valence-corrected chi connectivity index (χ1v) is 10.2. The molecule has 0 spiro atoms. The maximum atomic E-state index is 13.2. The van der Waals surface area contributed by atoms with Crippen molar-refractivity contribution in [1.82, 2.24) is 20.7 Å². The molecule has 7 nitrogen and oxygen atoms in total. The molecule has 0 radical (unpaired) electrons. The van der Waals surface area contributed by atoms with Gasteiger partial charge in [0, 0.05) is 31.9 Å². The van der Waals surface area contributed by atoms with Crippen molar-refractivity contribution in [3.05, 3.63) is 77.9 Å². The molecule has 0 aliphatic carbocycles. The molecule has 31 heavy (non-hydrogen) atoms. The fourth-order valence-electron chi connectivity index (χ4n) is 3.79. The number of ether oxygens (including phenoxy) is 1. The molecule has 2 aromatic rings. The number of carbonyl (C=O) groups is 2. The van der Waals surface area contributed by atoms with E-state index >= 15 is 0 Å². The van der Waals surface area contributed by atoms with Gasteiger partial charge in [-0.2, -0.15) is 0 Å². The fraction of sp³-hybridized carbons (Fsp3) is 0.304. The Labute approximate surface area is 180 Å². The summed E-state index contributed by atoms with van der Waals surface area (Å²) in [5, 5.41) is 4.66. The number of fused-ring (bicyclic) bond motifs is 1. The number of hydrogen-bond donors (Lipinski definition) is 2. The Morgan fingerprint density at radius 1 is 1.16 bits per heavy atom. The second kappa shape index (κ2) is 9.18. The molecule has 162 valence electrons. The molecule has 2 aromatic carbocycles. The number of hydrogen-bond acceptors (Lipinski definition) is 5. The lowest BCUT2D eigenvalue weighted by atomic mass is 10.0. The highest BCUT2D eigenvalue weighted by molar-refractivity contribution is 5.85. The van der Waals surface area contributed by atoms with E-state index in [2.05, 4.69) is 10.7 Å². The summed E-state index contributed by atoms with van der Waals surface area (Å²) < 4.78 is 18.3. The molecule has 0 aromatic heterocycles. The van der Waals surface area contributed by atoms with Crippen molar-refractivity contribution in [2.24, 2.45) is 0 Å². The van der Waals surface area contributed by atoms with Crippen LogP contribution in [0.5, 0.6) is 5.75 Å². The highest BCUT2D eigenvalue weighted by Crippen LogP contribution is 2.30. The standard InChI is InChI=1S/C23H25FN4O3/c1-31-19-8-2-16(3-9-19)15-25-22(29)10-11-27-12-13-28-21(23(27)30)14-20(26-28)17-4-6-18(24)7-5-17/h2-9,12-13,20-21,26H,10-11,14-15H2,1H3,(H,25,29). The molecule has 2 unspecified atom stereocenters. The van der Waals surface area contributed by atoms with Gasteiger partial charge in [0.1, 0.15) is 17.6 Å². The van der Waals surface area contributed by atoms with Crippen LogP contribution in [0.15, 0.2) is 60.9 Å². The number of benzene rings is 2. The van der Waals surface area contributed by atoms with E-state index in [0.29, 0.717) is 19.5 Å². The number of methoxy groups -OCH3 is 1. The number of carbonyl (C=O) groups excluding carboxylic acids is 2. The van der Waals surface area contributed by atoms with Crippen LogP contribution < -0.4 is 15.5 Å². The zero-order valence-corrected chi connectivity index (χ0v) is 17.3. The Hall–Kier alpha value is -3.39. The number of rotatable bonds is 7. The molecule has 1 saturated heterocycles. The van der Waals surface area contributed by atoms with E-state index in [4.69, 9.17) is 4.74 Å². The molecule has 4 rings (SSSR count). The first kappa shape index (κ1) is 20.9. The van der Waals surface area contributed by atoms with Crippen molar-refractivity contribution < 1.29 is 18.7 Å². The van der Waals surface area contributed by atoms with Crippen LogP contribution in [0.2, 0.25) is 0 Å². The average Bonchev–Trinajstić information content (AvgIpc) is 3.23. The van der Waals surface area contributed by atoms with Gasteiger partial charge in [-0.25, -0.2) is 9.82 Å². The lowest BCUT2D eigenvalue weighted by molar-refractivity contribution is -0.134. The highest BCUT2D eigenvalue weighted by atomic mass is 19.1. The minimum atomic E-state index is -0.345. The summed E-state index contributed by atoms with van der Waals surface area (Å²) in [5.41, 5.74) is 5.19. The van der Waals surface area contributed by atoms with Crippen LogP contribution in [0.3, 0.4) is 0 Å². The molecule has 2 atom stereocenters. The normalized spacial score (nSPS) is 20.0. The molecule has 1 fully saturated rings. The summed E-state index contributed by atoms with van der Waals surface area (Å²) >= 11 is 0. The van der Waals surface area contributed by atoms with Gasteiger partial charge in [-0.15, -0.1) is 0 Å². The van der Waals surface area contributed by atoms with Crippen LogP contribution >= 0.6 is 0 Å². The quantitative estimate of drug-likeness (QED) is 0.715. The van der Waals surface area contributed by atoms with Crippen LogP contribution in [0, 0.1) is 5.82 Å². The Morgan fingerprint density at radius 3 is 2.61 bits per heavy atom. The topological polar surface area (TPSA) is 73.9 Å². The summed E-state index contributed by atoms with van der Waals surface area (Å²) in [6.45, 7) is 0.738. The van der Waals surface area contributed by atoms with Crippen LogP contribution in [0.4, 0.5) is 4.39 Å². The predicted molar refractivity (Wildman–Crippen MR) is 113 cm³/mol. The van der Waals surface area contributed by atoms with Gasteiger partial charge in [0.25, 0.3) is 5.91 Å². The largest absolute Gasteiger partial charge is 0.497 e. The molecule has 2 N–H and O–H groups in total. The van der Waals surface area contributed by atoms with Crippen molar-refractivity contribution in [3.63, 3.8) is 0 Å². The zero-order valence-electron chi connectivity index (χ0n) is 17.3. The fourth-order valence-corrected chi connectivity index (χ4v) is 3.79. The molecule has 0 saturated carbocycles. The second-order valence-electron chi connectivity index (χ2n) is 7.60. The molecule has 2 aliphatic heterocycles. The van der Waals surface area contributed by atoms with E-state index in [1.807, 2.05) is 30.5 Å². The van der Waals surface area contributed by atoms with Crippen LogP contribution in [0.25, 0.3) is 0 Å². The van der Waals surface area contributed by atoms with E-state index in [9.17, 15) is 14.0 Å². The number of nitrogens with zero attached hydrogens (tertiary/aromatic N) is 2. The van der Waals surface area contributed by atoms with Crippen molar-refractivity contribution in [3.8, 4) is 5.75 Å². The van der Waals surface area contributed by atoms with Crippen molar-refractivity contribution >= 4 is 11.8 Å². The number of hydrazine groups is 1. The maximum Gasteiger partial charge on any atom is 0.250 e. The van der Waals surface area contributed by atoms with Crippen LogP contribution in [-0.2, 0) is 16.1 Å². The Bertz CT molecular complexity index is 962. The van der Waals surface area contributed by atoms with Gasteiger partial charge in [0.15, 0.2) is 0 Å². The van der Waals surface area contributed by atoms with E-state index in [0.717, 1.165) is 16.9 Å². The average molecular weight is 424 g/mol. The number of amides is 2. The van der Waals surface area contributed by atoms with Crippen molar-refractivity contribution in [2.45, 2.75) is 31.5 Å². The zero-order chi connectivity index (χ0) is 21.8. The predicted octanol–water partition coefficient (Wildman–Crippen LogP) is 2.47. The van der Waals surface area contributed by atoms with E-state index in [-0.39, 0.29) is 36.1 Å². The Balaban J connectivity index is 1.26. The monoisotopic (exact) mass is 424 g/mol. The van der Waals surface area contributed by atoms with Crippen LogP contribution in [0.1, 0.15) is 30.0 Å². The van der Waals surface area contributed by atoms with Gasteiger partial charge in [-0.05, 0) is 41.8 Å². The first-order valence-electron chi connectivity index (χ1n) is 10.2. The summed E-state index contributed by atoms with van der Waals surface area (Å²) in [6, 6.07) is 13.4. The number of halogens is 1. The first-order chi connectivity index (χ1) is 15.0. The molecule has 2 amide bonds. The van der Waals surface area contributed by atoms with Crippen LogP contribution in [-0.4, -0.2) is 41.4 Å². The summed E-state index contributed by atoms with van der Waals surface area (Å²) in [7, 11) is 1.61. The van der Waals surface area contributed by atoms with Gasteiger partial charge in [0.2, 0.25) is 5.91 Å². The summed E-state index contributed by atoms with van der Waals surface area (Å²) in [4.78, 5) is 26.7. The third kappa shape index (κ3) is 4.86. The summed E-state index contributed by atoms with van der Waals surface area (Å²) in [6.07, 6.45) is 4.29. The van der Waals surface area contributed by atoms with Gasteiger partial charge in [-0.3, -0.25) is 9.59 Å². The lowest BCUT2D eigenvalue weighted by Crippen LogP contribution is -2.48. The minimum absolute atomic E-state index is 0.0532. The van der Waals surface area contributed by atoms with Crippen molar-refractivity contribution in [1.29, 1.82) is 0 Å². The minimum Gasteiger partial charge on any atom is -0.497 e. The smallest absolute Gasteiger partial charge is 0.250 e. The summed E-state index contributed by atoms with van der Waals surface area (Å²) in [5.74, 6) is 0.310. The Kier molecular flexibility index (Phi) is 6.18. The van der Waals surface area contributed by atoms with Gasteiger partial charge in [-0.1, -0.05) is 24.3 Å². The molecular formula is C23H25FN4O3. The van der Waals surface area contributed by atoms with Crippen molar-refractivity contribution in [2.75, 3.05) is 13.7 Å². The van der Waals surface area contributed by atoms with E-state index in [1.54, 1.807) is 35.4 Å². The maximum absolute atomic E-state index is 13.2. The highest BCUT2D eigenvalue weighted by Gasteiger charge is 2.39. The third-order valence-corrected chi connectivity index (χ3v) is 5.58. The Morgan fingerprint density at radius 2 is 1.90 bits per heavy atom. The van der Waals surface area contributed by atoms with Gasteiger partial charge in [0.05, 0.1) is 13.2 Å². The molecule has 2 heterocycles. The lowest BCUT2D eigenvalue weighted by Gasteiger charge is -2.31. The van der Waals surface area contributed by atoms with Gasteiger partial charge < -0.3 is 20.0 Å². The molecular weight excluding hydrogens is 399 g/mol. The molecule has 8 heteroatoms. The second-order valence-corrected chi connectivity index (χ2v) is 7.60.